The molecule has 36 heavy (non-hydrogen) atoms. The van der Waals surface area contributed by atoms with Crippen molar-refractivity contribution in [2.24, 2.45) is 0 Å². The molecule has 5 rings (SSSR count). The van der Waals surface area contributed by atoms with Gasteiger partial charge in [-0.3, -0.25) is 4.79 Å². The van der Waals surface area contributed by atoms with Crippen LogP contribution in [0, 0.1) is 0 Å². The first-order valence-corrected chi connectivity index (χ1v) is 11.1. The summed E-state index contributed by atoms with van der Waals surface area (Å²) in [6.07, 6.45) is -1.14. The topological polar surface area (TPSA) is 116 Å². The molecule has 0 radical (unpaired) electrons. The van der Waals surface area contributed by atoms with Gasteiger partial charge in [0.15, 0.2) is 17.6 Å². The van der Waals surface area contributed by atoms with Crippen molar-refractivity contribution in [3.8, 4) is 28.7 Å². The van der Waals surface area contributed by atoms with Crippen molar-refractivity contribution in [2.45, 2.75) is 12.0 Å². The molecule has 2 heterocycles. The predicted molar refractivity (Wildman–Crippen MR) is 132 cm³/mol. The van der Waals surface area contributed by atoms with Crippen molar-refractivity contribution >= 4 is 22.6 Å². The number of ether oxygens (including phenoxy) is 4. The largest absolute Gasteiger partial charge is 0.502 e. The number of aromatic hydroxyl groups is 1. The Kier molecular flexibility index (Phi) is 5.89. The average Bonchev–Trinajstić information content (AvgIpc) is 3.31. The van der Waals surface area contributed by atoms with Gasteiger partial charge in [-0.05, 0) is 42.0 Å². The number of phenols is 1. The molecule has 1 amide bonds. The number of carbonyl (C=O) groups is 1. The van der Waals surface area contributed by atoms with Crippen LogP contribution in [0.2, 0.25) is 0 Å². The van der Waals surface area contributed by atoms with Crippen LogP contribution in [0.15, 0.2) is 69.9 Å². The molecule has 0 spiro atoms. The first kappa shape index (κ1) is 23.1. The summed E-state index contributed by atoms with van der Waals surface area (Å²) < 4.78 is 27.6. The smallest absolute Gasteiger partial charge is 0.344 e. The number of hydrogen-bond acceptors (Lipinski definition) is 8. The van der Waals surface area contributed by atoms with Gasteiger partial charge >= 0.3 is 5.63 Å². The third-order valence-electron chi connectivity index (χ3n) is 6.11. The quantitative estimate of drug-likeness (QED) is 0.390. The standard InChI is InChI=1S/C27H23NO8/c1-32-16-8-6-7-15(13-16)28-26(30)25-21(14-11-19(33-2)23(29)20(12-14)34-3)22-24(36-25)17-9-4-5-10-18(17)35-27(22)31/h4-13,21,25,29H,1-3H3,(H,28,30)/t21-,25+/m0/s1. The predicted octanol–water partition coefficient (Wildman–Crippen LogP) is 4.06. The molecular weight excluding hydrogens is 466 g/mol. The molecule has 3 aromatic carbocycles. The van der Waals surface area contributed by atoms with Crippen molar-refractivity contribution in [3.63, 3.8) is 0 Å². The molecule has 9 heteroatoms. The number of phenolic OH excluding ortho intramolecular Hbond substituents is 1. The molecule has 1 aliphatic heterocycles. The maximum absolute atomic E-state index is 13.6. The van der Waals surface area contributed by atoms with Gasteiger partial charge in [0, 0.05) is 11.8 Å². The molecule has 2 N–H and O–H groups in total. The molecule has 1 aliphatic rings. The van der Waals surface area contributed by atoms with E-state index < -0.39 is 23.6 Å². The highest BCUT2D eigenvalue weighted by Crippen LogP contribution is 2.48. The SMILES string of the molecule is COc1cccc(NC(=O)[C@@H]2Oc3c(c(=O)oc4ccccc34)[C@@H]2c2cc(OC)c(O)c(OC)c2)c1. The molecule has 0 saturated carbocycles. The Morgan fingerprint density at radius 1 is 0.944 bits per heavy atom. The van der Waals surface area contributed by atoms with Crippen LogP contribution in [-0.2, 0) is 4.79 Å². The number of amides is 1. The lowest BCUT2D eigenvalue weighted by Crippen LogP contribution is -2.35. The minimum Gasteiger partial charge on any atom is -0.502 e. The molecule has 0 aliphatic carbocycles. The van der Waals surface area contributed by atoms with E-state index in [4.69, 9.17) is 23.4 Å². The summed E-state index contributed by atoms with van der Waals surface area (Å²) in [6.45, 7) is 0. The summed E-state index contributed by atoms with van der Waals surface area (Å²) in [5, 5.41) is 13.8. The van der Waals surface area contributed by atoms with Gasteiger partial charge in [-0.2, -0.15) is 0 Å². The highest BCUT2D eigenvalue weighted by Gasteiger charge is 2.45. The second-order valence-corrected chi connectivity index (χ2v) is 8.14. The fraction of sp³-hybridized carbons (Fsp3) is 0.185. The van der Waals surface area contributed by atoms with Crippen LogP contribution in [0.4, 0.5) is 5.69 Å². The van der Waals surface area contributed by atoms with E-state index in [1.165, 1.54) is 21.3 Å². The minimum atomic E-state index is -1.14. The summed E-state index contributed by atoms with van der Waals surface area (Å²) in [6, 6.07) is 16.9. The summed E-state index contributed by atoms with van der Waals surface area (Å²) in [5.74, 6) is -0.493. The molecule has 0 unspecified atom stereocenters. The number of carbonyl (C=O) groups excluding carboxylic acids is 1. The highest BCUT2D eigenvalue weighted by atomic mass is 16.5. The number of fused-ring (bicyclic) bond motifs is 3. The zero-order valence-electron chi connectivity index (χ0n) is 19.7. The number of nitrogens with one attached hydrogen (secondary N) is 1. The average molecular weight is 489 g/mol. The van der Waals surface area contributed by atoms with Gasteiger partial charge in [0.25, 0.3) is 5.91 Å². The van der Waals surface area contributed by atoms with Gasteiger partial charge in [-0.15, -0.1) is 0 Å². The van der Waals surface area contributed by atoms with Crippen LogP contribution in [0.3, 0.4) is 0 Å². The lowest BCUT2D eigenvalue weighted by atomic mass is 9.87. The van der Waals surface area contributed by atoms with E-state index in [2.05, 4.69) is 5.32 Å². The summed E-state index contributed by atoms with van der Waals surface area (Å²) in [5.41, 5.74) is 0.865. The number of methoxy groups -OCH3 is 3. The van der Waals surface area contributed by atoms with Crippen LogP contribution >= 0.6 is 0 Å². The monoisotopic (exact) mass is 489 g/mol. The number of para-hydroxylation sites is 1. The summed E-state index contributed by atoms with van der Waals surface area (Å²) in [4.78, 5) is 26.8. The van der Waals surface area contributed by atoms with Gasteiger partial charge in [0.05, 0.1) is 38.2 Å². The van der Waals surface area contributed by atoms with E-state index in [1.54, 1.807) is 60.7 Å². The van der Waals surface area contributed by atoms with Crippen molar-refractivity contribution in [1.29, 1.82) is 0 Å². The second-order valence-electron chi connectivity index (χ2n) is 8.14. The normalized spacial score (nSPS) is 16.2. The molecule has 1 aromatic heterocycles. The molecule has 0 fully saturated rings. The van der Waals surface area contributed by atoms with Crippen molar-refractivity contribution in [3.05, 3.63) is 82.2 Å². The number of anilines is 1. The molecule has 9 nitrogen and oxygen atoms in total. The van der Waals surface area contributed by atoms with Gasteiger partial charge in [-0.1, -0.05) is 18.2 Å². The summed E-state index contributed by atoms with van der Waals surface area (Å²) >= 11 is 0. The third kappa shape index (κ3) is 3.84. The zero-order valence-corrected chi connectivity index (χ0v) is 19.7. The van der Waals surface area contributed by atoms with Gasteiger partial charge < -0.3 is 33.8 Å². The first-order valence-electron chi connectivity index (χ1n) is 11.1. The Morgan fingerprint density at radius 3 is 2.36 bits per heavy atom. The minimum absolute atomic E-state index is 0.120. The lowest BCUT2D eigenvalue weighted by Gasteiger charge is -2.20. The number of benzene rings is 3. The number of hydrogen-bond donors (Lipinski definition) is 2. The molecule has 184 valence electrons. The highest BCUT2D eigenvalue weighted by molar-refractivity contribution is 5.98. The van der Waals surface area contributed by atoms with Crippen LogP contribution in [0.1, 0.15) is 17.0 Å². The van der Waals surface area contributed by atoms with Crippen LogP contribution < -0.4 is 29.9 Å². The Hall–Kier alpha value is -4.66. The lowest BCUT2D eigenvalue weighted by molar-refractivity contribution is -0.122. The van der Waals surface area contributed by atoms with Crippen molar-refractivity contribution in [2.75, 3.05) is 26.6 Å². The van der Waals surface area contributed by atoms with Crippen LogP contribution in [-0.4, -0.2) is 38.4 Å². The Morgan fingerprint density at radius 2 is 1.67 bits per heavy atom. The third-order valence-corrected chi connectivity index (χ3v) is 6.11. The molecule has 2 atom stereocenters. The maximum Gasteiger partial charge on any atom is 0.344 e. The fourth-order valence-electron chi connectivity index (χ4n) is 4.43. The van der Waals surface area contributed by atoms with E-state index in [0.717, 1.165) is 0 Å². The Labute approximate surface area is 205 Å². The van der Waals surface area contributed by atoms with Crippen LogP contribution in [0.25, 0.3) is 11.0 Å². The van der Waals surface area contributed by atoms with E-state index in [9.17, 15) is 14.7 Å². The summed E-state index contributed by atoms with van der Waals surface area (Å²) in [7, 11) is 4.32. The van der Waals surface area contributed by atoms with Gasteiger partial charge in [0.1, 0.15) is 17.1 Å². The molecule has 4 aromatic rings. The number of rotatable bonds is 6. The van der Waals surface area contributed by atoms with E-state index in [1.807, 2.05) is 0 Å². The second kappa shape index (κ2) is 9.18. The fourth-order valence-corrected chi connectivity index (χ4v) is 4.43. The first-order chi connectivity index (χ1) is 17.4. The van der Waals surface area contributed by atoms with Crippen LogP contribution in [0.5, 0.6) is 28.7 Å². The van der Waals surface area contributed by atoms with E-state index >= 15 is 0 Å². The maximum atomic E-state index is 13.6. The molecule has 0 bridgehead atoms. The Balaban J connectivity index is 1.67. The van der Waals surface area contributed by atoms with E-state index in [-0.39, 0.29) is 28.6 Å². The zero-order chi connectivity index (χ0) is 25.4. The van der Waals surface area contributed by atoms with Gasteiger partial charge in [0.2, 0.25) is 5.75 Å². The Bertz CT molecular complexity index is 1500. The molecule has 0 saturated heterocycles. The van der Waals surface area contributed by atoms with E-state index in [0.29, 0.717) is 28.0 Å². The van der Waals surface area contributed by atoms with Gasteiger partial charge in [-0.25, -0.2) is 4.79 Å². The van der Waals surface area contributed by atoms with Crippen molar-refractivity contribution in [1.82, 2.24) is 0 Å². The van der Waals surface area contributed by atoms with Crippen molar-refractivity contribution < 1.29 is 33.3 Å². The molecular formula is C27H23NO8.